The van der Waals surface area contributed by atoms with Crippen LogP contribution in [0.4, 0.5) is 17.3 Å². The minimum Gasteiger partial charge on any atom is -0.380 e. The first-order valence-corrected chi connectivity index (χ1v) is 10.2. The number of hydrogen-bond donors (Lipinski definition) is 4. The predicted octanol–water partition coefficient (Wildman–Crippen LogP) is 1.43. The second-order valence-electron chi connectivity index (χ2n) is 7.69. The monoisotopic (exact) mass is 407 g/mol. The van der Waals surface area contributed by atoms with E-state index >= 15 is 0 Å². The molecule has 0 bridgehead atoms. The van der Waals surface area contributed by atoms with Crippen molar-refractivity contribution in [3.63, 3.8) is 0 Å². The van der Waals surface area contributed by atoms with Crippen molar-refractivity contribution in [1.29, 1.82) is 5.26 Å². The minimum absolute atomic E-state index is 0.234. The molecule has 30 heavy (non-hydrogen) atoms. The Morgan fingerprint density at radius 2 is 2.10 bits per heavy atom. The highest BCUT2D eigenvalue weighted by Crippen LogP contribution is 2.36. The zero-order valence-corrected chi connectivity index (χ0v) is 16.9. The summed E-state index contributed by atoms with van der Waals surface area (Å²) in [5.74, 6) is 1.84. The number of rotatable bonds is 5. The molecule has 0 radical (unpaired) electrons. The van der Waals surface area contributed by atoms with Gasteiger partial charge in [0.2, 0.25) is 0 Å². The molecule has 2 aromatic heterocycles. The molecule has 1 aliphatic heterocycles. The number of piperidine rings is 1. The first kappa shape index (κ1) is 20.0. The number of nitriles is 1. The molecule has 156 valence electrons. The Kier molecular flexibility index (Phi) is 5.99. The number of aromatic nitrogens is 4. The molecule has 1 amide bonds. The van der Waals surface area contributed by atoms with E-state index in [0.29, 0.717) is 35.2 Å². The maximum Gasteiger partial charge on any atom is 0.273 e. The third-order valence-electron chi connectivity index (χ3n) is 5.87. The highest BCUT2D eigenvalue weighted by atomic mass is 16.1. The van der Waals surface area contributed by atoms with E-state index in [1.807, 2.05) is 6.07 Å². The van der Waals surface area contributed by atoms with E-state index in [-0.39, 0.29) is 17.3 Å². The summed E-state index contributed by atoms with van der Waals surface area (Å²) < 4.78 is 0. The van der Waals surface area contributed by atoms with E-state index in [1.54, 1.807) is 13.1 Å². The van der Waals surface area contributed by atoms with Gasteiger partial charge in [-0.15, -0.1) is 10.2 Å². The van der Waals surface area contributed by atoms with Crippen molar-refractivity contribution in [2.45, 2.75) is 31.7 Å². The molecule has 3 atom stereocenters. The van der Waals surface area contributed by atoms with Crippen LogP contribution in [0.2, 0.25) is 0 Å². The van der Waals surface area contributed by atoms with E-state index < -0.39 is 0 Å². The number of anilines is 3. The van der Waals surface area contributed by atoms with Gasteiger partial charge in [-0.1, -0.05) is 6.42 Å². The molecule has 3 heterocycles. The smallest absolute Gasteiger partial charge is 0.273 e. The normalized spacial score (nSPS) is 23.0. The summed E-state index contributed by atoms with van der Waals surface area (Å²) in [5.41, 5.74) is 1.15. The summed E-state index contributed by atoms with van der Waals surface area (Å²) >= 11 is 0. The molecule has 10 heteroatoms. The van der Waals surface area contributed by atoms with Gasteiger partial charge in [-0.2, -0.15) is 5.26 Å². The van der Waals surface area contributed by atoms with Crippen molar-refractivity contribution in [2.24, 2.45) is 11.8 Å². The van der Waals surface area contributed by atoms with Gasteiger partial charge < -0.3 is 21.3 Å². The summed E-state index contributed by atoms with van der Waals surface area (Å²) in [4.78, 5) is 20.5. The molecule has 10 nitrogen and oxygen atoms in total. The number of amides is 1. The zero-order valence-electron chi connectivity index (χ0n) is 16.9. The SMILES string of the molecule is CNC(=O)c1nnc(Nc2cnc(C#N)cn2)cc1NC1CCCC2CNCCC21. The lowest BCUT2D eigenvalue weighted by atomic mass is 9.72. The van der Waals surface area contributed by atoms with E-state index in [1.165, 1.54) is 25.2 Å². The Morgan fingerprint density at radius 1 is 1.20 bits per heavy atom. The fourth-order valence-electron chi connectivity index (χ4n) is 4.41. The zero-order chi connectivity index (χ0) is 20.9. The number of nitrogens with zero attached hydrogens (tertiary/aromatic N) is 5. The topological polar surface area (TPSA) is 141 Å². The summed E-state index contributed by atoms with van der Waals surface area (Å²) in [5, 5.41) is 29.9. The number of carbonyl (C=O) groups excluding carboxylic acids is 1. The van der Waals surface area contributed by atoms with Gasteiger partial charge in [0.15, 0.2) is 17.2 Å². The van der Waals surface area contributed by atoms with Crippen LogP contribution in [0.25, 0.3) is 0 Å². The lowest BCUT2D eigenvalue weighted by Crippen LogP contribution is -2.47. The van der Waals surface area contributed by atoms with Gasteiger partial charge in [0, 0.05) is 19.2 Å². The van der Waals surface area contributed by atoms with Gasteiger partial charge in [0.1, 0.15) is 11.9 Å². The third-order valence-corrected chi connectivity index (χ3v) is 5.87. The molecule has 1 aliphatic carbocycles. The first-order chi connectivity index (χ1) is 14.7. The van der Waals surface area contributed by atoms with Crippen LogP contribution >= 0.6 is 0 Å². The predicted molar refractivity (Wildman–Crippen MR) is 111 cm³/mol. The summed E-state index contributed by atoms with van der Waals surface area (Å²) in [6.45, 7) is 2.09. The van der Waals surface area contributed by atoms with Gasteiger partial charge in [0.25, 0.3) is 5.91 Å². The molecule has 1 saturated carbocycles. The number of carbonyl (C=O) groups is 1. The van der Waals surface area contributed by atoms with Crippen LogP contribution in [-0.2, 0) is 0 Å². The Morgan fingerprint density at radius 3 is 2.87 bits per heavy atom. The largest absolute Gasteiger partial charge is 0.380 e. The maximum absolute atomic E-state index is 12.4. The van der Waals surface area contributed by atoms with Crippen molar-refractivity contribution in [1.82, 2.24) is 30.8 Å². The average Bonchev–Trinajstić information content (AvgIpc) is 2.79. The third kappa shape index (κ3) is 4.31. The summed E-state index contributed by atoms with van der Waals surface area (Å²) in [6, 6.07) is 4.01. The number of fused-ring (bicyclic) bond motifs is 1. The van der Waals surface area contributed by atoms with Gasteiger partial charge in [-0.05, 0) is 44.2 Å². The molecule has 1 saturated heterocycles. The standard InChI is InChI=1S/C20H25N9O/c1-22-20(30)19-16(26-15-4-2-3-12-9-23-6-5-14(12)15)7-17(28-29-19)27-18-11-24-13(8-21)10-25-18/h7,10-12,14-15,23H,2-6,9H2,1H3,(H,22,30)(H2,25,26,27,28). The average molecular weight is 407 g/mol. The van der Waals surface area contributed by atoms with Crippen LogP contribution in [0.1, 0.15) is 41.9 Å². The van der Waals surface area contributed by atoms with Crippen molar-refractivity contribution >= 4 is 23.2 Å². The van der Waals surface area contributed by atoms with E-state index in [4.69, 9.17) is 5.26 Å². The van der Waals surface area contributed by atoms with Crippen LogP contribution in [0.15, 0.2) is 18.5 Å². The summed E-state index contributed by atoms with van der Waals surface area (Å²) in [6.07, 6.45) is 7.45. The Hall–Kier alpha value is -3.32. The number of nitrogens with one attached hydrogen (secondary N) is 4. The van der Waals surface area contributed by atoms with E-state index in [0.717, 1.165) is 25.9 Å². The molecule has 0 aromatic carbocycles. The van der Waals surface area contributed by atoms with Gasteiger partial charge >= 0.3 is 0 Å². The minimum atomic E-state index is -0.285. The highest BCUT2D eigenvalue weighted by Gasteiger charge is 2.35. The van der Waals surface area contributed by atoms with Crippen LogP contribution in [0.3, 0.4) is 0 Å². The second-order valence-corrected chi connectivity index (χ2v) is 7.69. The quantitative estimate of drug-likeness (QED) is 0.579. The van der Waals surface area contributed by atoms with Crippen molar-refractivity contribution in [2.75, 3.05) is 30.8 Å². The number of hydrogen-bond acceptors (Lipinski definition) is 9. The van der Waals surface area contributed by atoms with Crippen molar-refractivity contribution in [3.05, 3.63) is 29.8 Å². The van der Waals surface area contributed by atoms with Crippen molar-refractivity contribution < 1.29 is 4.79 Å². The lowest BCUT2D eigenvalue weighted by molar-refractivity contribution is 0.0957. The van der Waals surface area contributed by atoms with Gasteiger partial charge in [-0.25, -0.2) is 9.97 Å². The lowest BCUT2D eigenvalue weighted by Gasteiger charge is -2.42. The maximum atomic E-state index is 12.4. The van der Waals surface area contributed by atoms with Crippen LogP contribution in [0.5, 0.6) is 0 Å². The Balaban J connectivity index is 1.58. The van der Waals surface area contributed by atoms with Gasteiger partial charge in [-0.3, -0.25) is 4.79 Å². The van der Waals surface area contributed by atoms with Crippen molar-refractivity contribution in [3.8, 4) is 6.07 Å². The molecule has 4 N–H and O–H groups in total. The molecule has 4 rings (SSSR count). The van der Waals surface area contributed by atoms with Gasteiger partial charge in [0.05, 0.1) is 18.1 Å². The van der Waals surface area contributed by atoms with Crippen LogP contribution in [-0.4, -0.2) is 52.3 Å². The fraction of sp³-hybridized carbons (Fsp3) is 0.500. The Labute approximate surface area is 174 Å². The summed E-state index contributed by atoms with van der Waals surface area (Å²) in [7, 11) is 1.58. The molecule has 3 unspecified atom stereocenters. The first-order valence-electron chi connectivity index (χ1n) is 10.2. The molecule has 0 spiro atoms. The van der Waals surface area contributed by atoms with Crippen LogP contribution in [0, 0.1) is 23.2 Å². The van der Waals surface area contributed by atoms with E-state index in [9.17, 15) is 4.79 Å². The Bertz CT molecular complexity index is 938. The van der Waals surface area contributed by atoms with E-state index in [2.05, 4.69) is 41.4 Å². The fourth-order valence-corrected chi connectivity index (χ4v) is 4.41. The highest BCUT2D eigenvalue weighted by molar-refractivity contribution is 5.97. The second kappa shape index (κ2) is 9.00. The molecular formula is C20H25N9O. The molecule has 2 aromatic rings. The molecule has 2 fully saturated rings. The molecule has 2 aliphatic rings. The van der Waals surface area contributed by atoms with Crippen LogP contribution < -0.4 is 21.3 Å². The molecular weight excluding hydrogens is 382 g/mol.